The molecule has 0 bridgehead atoms. The molecule has 48 heavy (non-hydrogen) atoms. The van der Waals surface area contributed by atoms with Crippen LogP contribution in [-0.4, -0.2) is 69.2 Å². The van der Waals surface area contributed by atoms with E-state index >= 15 is 0 Å². The normalized spacial score (nSPS) is 12.1. The lowest BCUT2D eigenvalue weighted by Crippen LogP contribution is -2.36. The third-order valence-corrected chi connectivity index (χ3v) is 8.79. The van der Waals surface area contributed by atoms with Crippen molar-refractivity contribution in [3.63, 3.8) is 0 Å². The van der Waals surface area contributed by atoms with Gasteiger partial charge in [-0.1, -0.05) is 80.8 Å². The first-order valence-corrected chi connectivity index (χ1v) is 17.0. The minimum Gasteiger partial charge on any atom is -0.400 e. The third-order valence-electron chi connectivity index (χ3n) is 8.42. The van der Waals surface area contributed by atoms with Gasteiger partial charge in [0.1, 0.15) is 0 Å². The summed E-state index contributed by atoms with van der Waals surface area (Å²) in [6, 6.07) is 22.5. The number of halogens is 1. The van der Waals surface area contributed by atoms with E-state index in [0.717, 1.165) is 56.0 Å². The molecule has 0 fully saturated rings. The molecule has 1 aromatic heterocycles. The van der Waals surface area contributed by atoms with Crippen molar-refractivity contribution in [2.24, 2.45) is 0 Å². The fourth-order valence-corrected chi connectivity index (χ4v) is 6.03. The van der Waals surface area contributed by atoms with Crippen molar-refractivity contribution in [3.8, 4) is 5.69 Å². The van der Waals surface area contributed by atoms with Gasteiger partial charge in [-0.15, -0.1) is 0 Å². The Hall–Kier alpha value is -4.47. The van der Waals surface area contributed by atoms with Gasteiger partial charge < -0.3 is 20.2 Å². The van der Waals surface area contributed by atoms with Gasteiger partial charge in [0.25, 0.3) is 11.8 Å². The van der Waals surface area contributed by atoms with Crippen molar-refractivity contribution in [3.05, 3.63) is 111 Å². The van der Waals surface area contributed by atoms with E-state index in [1.54, 1.807) is 35.0 Å². The van der Waals surface area contributed by atoms with Crippen LogP contribution in [0.15, 0.2) is 72.8 Å². The lowest BCUT2D eigenvalue weighted by atomic mass is 9.99. The molecule has 0 atom stereocenters. The van der Waals surface area contributed by atoms with Gasteiger partial charge in [0.05, 0.1) is 17.7 Å². The molecule has 3 aromatic carbocycles. The van der Waals surface area contributed by atoms with Gasteiger partial charge in [0, 0.05) is 49.7 Å². The molecule has 254 valence electrons. The molecule has 5 rings (SSSR count). The zero-order valence-electron chi connectivity index (χ0n) is 28.3. The number of hydrogen-bond donors (Lipinski definition) is 2. The molecule has 0 spiro atoms. The Morgan fingerprint density at radius 1 is 0.917 bits per heavy atom. The predicted molar refractivity (Wildman–Crippen MR) is 191 cm³/mol. The van der Waals surface area contributed by atoms with E-state index in [9.17, 15) is 14.4 Å². The smallest absolute Gasteiger partial charge is 0.274 e. The first kappa shape index (κ1) is 36.4. The molecule has 0 saturated carbocycles. The molecule has 10 heteroatoms. The number of carbonyl (C=O) groups is 3. The number of nitrogens with one attached hydrogen (secondary N) is 1. The van der Waals surface area contributed by atoms with E-state index in [1.807, 2.05) is 47.1 Å². The molecule has 9 nitrogen and oxygen atoms in total. The van der Waals surface area contributed by atoms with E-state index in [1.165, 1.54) is 5.56 Å². The summed E-state index contributed by atoms with van der Waals surface area (Å²) < 4.78 is 1.67. The fraction of sp³-hybridized carbons (Fsp3) is 0.368. The van der Waals surface area contributed by atoms with Gasteiger partial charge in [-0.3, -0.25) is 14.4 Å². The Balaban J connectivity index is 0.00000255. The second-order valence-corrected chi connectivity index (χ2v) is 12.3. The predicted octanol–water partition coefficient (Wildman–Crippen LogP) is 6.86. The monoisotopic (exact) mass is 671 g/mol. The standard InChI is InChI=1S/C37H42ClN5O3.CH4O/c1-4-6-19-41(20-7-5-2)37(46)33-22-26(3)43(40-33)34-17-16-30(39-35(44)23-28-13-10-11-15-32(28)38)24-31(34)36(45)42-21-18-27-12-8-9-14-29(27)25-42;1-2/h8-17,22,24H,4-7,18-21,23,25H2,1-3H3,(H,39,44);2H,1H3. The summed E-state index contributed by atoms with van der Waals surface area (Å²) in [5, 5.41) is 15.2. The number of rotatable bonds is 12. The zero-order chi connectivity index (χ0) is 34.6. The van der Waals surface area contributed by atoms with Crippen LogP contribution in [0.4, 0.5) is 5.69 Å². The minimum absolute atomic E-state index is 0.101. The maximum absolute atomic E-state index is 14.3. The maximum atomic E-state index is 14.3. The van der Waals surface area contributed by atoms with Crippen LogP contribution < -0.4 is 5.32 Å². The fourth-order valence-electron chi connectivity index (χ4n) is 5.83. The molecule has 0 radical (unpaired) electrons. The van der Waals surface area contributed by atoms with Gasteiger partial charge >= 0.3 is 0 Å². The molecule has 0 unspecified atom stereocenters. The molecular formula is C38H46ClN5O4. The van der Waals surface area contributed by atoms with Crippen molar-refractivity contribution in [2.75, 3.05) is 32.1 Å². The number of aliphatic hydroxyl groups excluding tert-OH is 1. The number of hydrogen-bond acceptors (Lipinski definition) is 5. The van der Waals surface area contributed by atoms with Crippen LogP contribution in [0, 0.1) is 6.92 Å². The summed E-state index contributed by atoms with van der Waals surface area (Å²) in [4.78, 5) is 44.6. The quantitative estimate of drug-likeness (QED) is 0.171. The number of nitrogens with zero attached hydrogens (tertiary/aromatic N) is 4. The first-order valence-electron chi connectivity index (χ1n) is 16.6. The van der Waals surface area contributed by atoms with Crippen LogP contribution in [0.5, 0.6) is 0 Å². The van der Waals surface area contributed by atoms with Crippen LogP contribution in [0.3, 0.4) is 0 Å². The summed E-state index contributed by atoms with van der Waals surface area (Å²) in [7, 11) is 1.00. The van der Waals surface area contributed by atoms with E-state index in [-0.39, 0.29) is 24.1 Å². The number of amides is 3. The van der Waals surface area contributed by atoms with Crippen molar-refractivity contribution in [1.29, 1.82) is 0 Å². The topological polar surface area (TPSA) is 108 Å². The number of benzene rings is 3. The van der Waals surface area contributed by atoms with Crippen molar-refractivity contribution in [2.45, 2.75) is 65.8 Å². The minimum atomic E-state index is -0.242. The van der Waals surface area contributed by atoms with E-state index in [0.29, 0.717) is 53.8 Å². The highest BCUT2D eigenvalue weighted by Gasteiger charge is 2.27. The molecule has 3 amide bonds. The van der Waals surface area contributed by atoms with Crippen molar-refractivity contribution in [1.82, 2.24) is 19.6 Å². The molecule has 2 N–H and O–H groups in total. The Morgan fingerprint density at radius 3 is 2.27 bits per heavy atom. The van der Waals surface area contributed by atoms with E-state index in [4.69, 9.17) is 21.8 Å². The first-order chi connectivity index (χ1) is 23.3. The molecular weight excluding hydrogens is 626 g/mol. The Kier molecular flexibility index (Phi) is 13.3. The summed E-state index contributed by atoms with van der Waals surface area (Å²) in [5.74, 6) is -0.511. The number of fused-ring (bicyclic) bond motifs is 1. The Morgan fingerprint density at radius 2 is 1.58 bits per heavy atom. The average molecular weight is 672 g/mol. The van der Waals surface area contributed by atoms with E-state index < -0.39 is 0 Å². The second-order valence-electron chi connectivity index (χ2n) is 11.9. The number of aryl methyl sites for hydroxylation is 1. The highest BCUT2D eigenvalue weighted by Crippen LogP contribution is 2.27. The summed E-state index contributed by atoms with van der Waals surface area (Å²) in [6.45, 7) is 8.55. The van der Waals surface area contributed by atoms with Crippen LogP contribution in [-0.2, 0) is 24.2 Å². The number of carbonyl (C=O) groups excluding carboxylic acids is 3. The second kappa shape index (κ2) is 17.6. The van der Waals surface area contributed by atoms with Gasteiger partial charge in [-0.05, 0) is 73.2 Å². The third kappa shape index (κ3) is 8.90. The largest absolute Gasteiger partial charge is 0.400 e. The Bertz CT molecular complexity index is 1710. The Labute approximate surface area is 288 Å². The van der Waals surface area contributed by atoms with Crippen LogP contribution in [0.25, 0.3) is 5.69 Å². The van der Waals surface area contributed by atoms with Gasteiger partial charge in [-0.2, -0.15) is 5.10 Å². The zero-order valence-corrected chi connectivity index (χ0v) is 29.1. The lowest BCUT2D eigenvalue weighted by molar-refractivity contribution is -0.115. The number of unbranched alkanes of at least 4 members (excludes halogenated alkanes) is 2. The summed E-state index contributed by atoms with van der Waals surface area (Å²) in [5.41, 5.74) is 5.62. The maximum Gasteiger partial charge on any atom is 0.274 e. The summed E-state index contributed by atoms with van der Waals surface area (Å²) >= 11 is 6.29. The van der Waals surface area contributed by atoms with Crippen molar-refractivity contribution < 1.29 is 19.5 Å². The molecule has 4 aromatic rings. The molecule has 1 aliphatic rings. The SMILES string of the molecule is CCCCN(CCCC)C(=O)c1cc(C)n(-c2ccc(NC(=O)Cc3ccccc3Cl)cc2C(=O)N2CCc3ccccc3C2)n1.CO. The highest BCUT2D eigenvalue weighted by atomic mass is 35.5. The summed E-state index contributed by atoms with van der Waals surface area (Å²) in [6.07, 6.45) is 4.71. The van der Waals surface area contributed by atoms with Crippen LogP contribution in [0.2, 0.25) is 5.02 Å². The van der Waals surface area contributed by atoms with Gasteiger partial charge in [-0.25, -0.2) is 4.68 Å². The molecule has 2 heterocycles. The molecule has 0 aliphatic carbocycles. The van der Waals surface area contributed by atoms with Crippen LogP contribution >= 0.6 is 11.6 Å². The molecule has 0 saturated heterocycles. The molecule has 1 aliphatic heterocycles. The lowest BCUT2D eigenvalue weighted by Gasteiger charge is -2.29. The highest BCUT2D eigenvalue weighted by molar-refractivity contribution is 6.31. The number of anilines is 1. The van der Waals surface area contributed by atoms with E-state index in [2.05, 4.69) is 31.3 Å². The van der Waals surface area contributed by atoms with Gasteiger partial charge in [0.15, 0.2) is 5.69 Å². The average Bonchev–Trinajstić information content (AvgIpc) is 3.50. The van der Waals surface area contributed by atoms with Crippen molar-refractivity contribution >= 4 is 35.0 Å². The van der Waals surface area contributed by atoms with Crippen LogP contribution in [0.1, 0.15) is 82.8 Å². The number of aromatic nitrogens is 2. The number of aliphatic hydroxyl groups is 1. The van der Waals surface area contributed by atoms with Gasteiger partial charge in [0.2, 0.25) is 5.91 Å².